The topological polar surface area (TPSA) is 117 Å². The van der Waals surface area contributed by atoms with E-state index < -0.39 is 30.0 Å². The summed E-state index contributed by atoms with van der Waals surface area (Å²) >= 11 is 0. The molecule has 0 aliphatic carbocycles. The summed E-state index contributed by atoms with van der Waals surface area (Å²) in [5.74, 6) is -1.81. The fourth-order valence-electron chi connectivity index (χ4n) is 3.33. The minimum absolute atomic E-state index is 0.264. The molecule has 7 nitrogen and oxygen atoms in total. The number of nitrogens with one attached hydrogen (secondary N) is 3. The molecule has 1 aliphatic rings. The molecule has 2 aromatic rings. The number of carbonyl (C=O) groups is 3. The van der Waals surface area contributed by atoms with Crippen LogP contribution in [0.15, 0.2) is 60.7 Å². The zero-order valence-electron chi connectivity index (χ0n) is 16.7. The van der Waals surface area contributed by atoms with Crippen LogP contribution < -0.4 is 16.0 Å². The Morgan fingerprint density at radius 2 is 1.53 bits per heavy atom. The summed E-state index contributed by atoms with van der Waals surface area (Å²) < 4.78 is 0. The fraction of sp³-hybridized carbons (Fsp3) is 0.348. The molecule has 0 radical (unpaired) electrons. The predicted octanol–water partition coefficient (Wildman–Crippen LogP) is 1.28. The Hall–Kier alpha value is -3.19. The summed E-state index contributed by atoms with van der Waals surface area (Å²) in [5, 5.41) is 17.2. The zero-order chi connectivity index (χ0) is 21.3. The third-order valence-corrected chi connectivity index (χ3v) is 5.08. The molecular weight excluding hydrogens is 382 g/mol. The van der Waals surface area contributed by atoms with E-state index in [0.717, 1.165) is 24.8 Å². The van der Waals surface area contributed by atoms with E-state index in [1.165, 1.54) is 5.56 Å². The van der Waals surface area contributed by atoms with Crippen molar-refractivity contribution in [2.24, 2.45) is 0 Å². The molecule has 30 heavy (non-hydrogen) atoms. The van der Waals surface area contributed by atoms with Crippen molar-refractivity contribution in [2.75, 3.05) is 6.54 Å². The molecule has 0 unspecified atom stereocenters. The Balaban J connectivity index is 1.49. The molecule has 4 N–H and O–H groups in total. The van der Waals surface area contributed by atoms with Crippen LogP contribution in [0.25, 0.3) is 0 Å². The van der Waals surface area contributed by atoms with Crippen molar-refractivity contribution in [1.82, 2.24) is 16.0 Å². The monoisotopic (exact) mass is 409 g/mol. The average molecular weight is 409 g/mol. The Bertz CT molecular complexity index is 857. The first-order valence-electron chi connectivity index (χ1n) is 10.2. The van der Waals surface area contributed by atoms with Crippen LogP contribution in [-0.4, -0.2) is 47.6 Å². The number of benzene rings is 2. The highest BCUT2D eigenvalue weighted by Crippen LogP contribution is 2.12. The number of unbranched alkanes of at least 4 members (excludes halogenated alkanes) is 1. The van der Waals surface area contributed by atoms with Crippen molar-refractivity contribution in [1.29, 1.82) is 0 Å². The molecule has 0 spiro atoms. The Morgan fingerprint density at radius 1 is 0.900 bits per heavy atom. The predicted molar refractivity (Wildman–Crippen MR) is 113 cm³/mol. The molecule has 0 bridgehead atoms. The van der Waals surface area contributed by atoms with Crippen LogP contribution in [0.1, 0.15) is 24.0 Å². The Labute approximate surface area is 175 Å². The number of carbonyl (C=O) groups excluding carboxylic acids is 2. The summed E-state index contributed by atoms with van der Waals surface area (Å²) in [6, 6.07) is 17.2. The van der Waals surface area contributed by atoms with E-state index in [-0.39, 0.29) is 5.91 Å². The minimum Gasteiger partial charge on any atom is -0.480 e. The summed E-state index contributed by atoms with van der Waals surface area (Å²) in [4.78, 5) is 36.0. The van der Waals surface area contributed by atoms with Crippen molar-refractivity contribution in [2.45, 2.75) is 43.8 Å². The number of carboxylic acids is 1. The highest BCUT2D eigenvalue weighted by atomic mass is 16.4. The number of aliphatic carboxylic acids is 1. The molecule has 0 aromatic heterocycles. The molecule has 1 aliphatic heterocycles. The van der Waals surface area contributed by atoms with Gasteiger partial charge in [0.1, 0.15) is 18.1 Å². The number of rotatable bonds is 11. The summed E-state index contributed by atoms with van der Waals surface area (Å²) in [7, 11) is 0. The molecular formula is C23H27N3O4. The highest BCUT2D eigenvalue weighted by molar-refractivity contribution is 5.97. The first kappa shape index (κ1) is 21.5. The lowest BCUT2D eigenvalue weighted by Gasteiger charge is -2.18. The molecule has 1 heterocycles. The lowest BCUT2D eigenvalue weighted by molar-refractivity contribution is -0.137. The van der Waals surface area contributed by atoms with E-state index in [1.54, 1.807) is 0 Å². The minimum atomic E-state index is -1.07. The van der Waals surface area contributed by atoms with Gasteiger partial charge < -0.3 is 15.7 Å². The van der Waals surface area contributed by atoms with Crippen molar-refractivity contribution in [3.05, 3.63) is 71.8 Å². The Morgan fingerprint density at radius 3 is 2.13 bits per heavy atom. The molecule has 2 amide bonds. The van der Waals surface area contributed by atoms with Gasteiger partial charge in [0.15, 0.2) is 0 Å². The zero-order valence-corrected chi connectivity index (χ0v) is 16.7. The smallest absolute Gasteiger partial charge is 0.322 e. The summed E-state index contributed by atoms with van der Waals surface area (Å²) in [5.41, 5.74) is 2.18. The van der Waals surface area contributed by atoms with Gasteiger partial charge in [-0.15, -0.1) is 0 Å². The molecule has 1 fully saturated rings. The lowest BCUT2D eigenvalue weighted by atomic mass is 10.0. The van der Waals surface area contributed by atoms with Gasteiger partial charge in [0.05, 0.1) is 0 Å². The van der Waals surface area contributed by atoms with Gasteiger partial charge in [-0.1, -0.05) is 60.7 Å². The van der Waals surface area contributed by atoms with Crippen molar-refractivity contribution in [3.8, 4) is 0 Å². The molecule has 0 saturated carbocycles. The number of hydrogen-bond acceptors (Lipinski definition) is 4. The Kier molecular flexibility index (Phi) is 7.57. The number of amides is 2. The molecule has 7 heteroatoms. The molecule has 3 rings (SSSR count). The van der Waals surface area contributed by atoms with Crippen LogP contribution in [0.4, 0.5) is 0 Å². The second-order valence-corrected chi connectivity index (χ2v) is 7.44. The van der Waals surface area contributed by atoms with Crippen molar-refractivity contribution < 1.29 is 19.5 Å². The maximum Gasteiger partial charge on any atom is 0.322 e. The molecule has 1 saturated heterocycles. The quantitative estimate of drug-likeness (QED) is 0.329. The van der Waals surface area contributed by atoms with Crippen LogP contribution in [0.5, 0.6) is 0 Å². The molecule has 158 valence electrons. The second kappa shape index (κ2) is 10.5. The van der Waals surface area contributed by atoms with Crippen LogP contribution in [0.2, 0.25) is 0 Å². The number of hydrogen-bond donors (Lipinski definition) is 4. The average Bonchev–Trinajstić information content (AvgIpc) is 3.56. The lowest BCUT2D eigenvalue weighted by Crippen LogP contribution is -2.50. The normalized spacial score (nSPS) is 18.3. The van der Waals surface area contributed by atoms with E-state index in [9.17, 15) is 14.4 Å². The molecule has 3 atom stereocenters. The van der Waals surface area contributed by atoms with Crippen LogP contribution in [-0.2, 0) is 27.2 Å². The van der Waals surface area contributed by atoms with Crippen LogP contribution in [0, 0.1) is 0 Å². The van der Waals surface area contributed by atoms with Gasteiger partial charge in [0.2, 0.25) is 11.8 Å². The van der Waals surface area contributed by atoms with Crippen LogP contribution in [0.3, 0.4) is 0 Å². The van der Waals surface area contributed by atoms with Gasteiger partial charge >= 0.3 is 5.97 Å². The van der Waals surface area contributed by atoms with E-state index in [4.69, 9.17) is 5.11 Å². The van der Waals surface area contributed by atoms with Gasteiger partial charge in [-0.05, 0) is 30.4 Å². The van der Waals surface area contributed by atoms with E-state index in [0.29, 0.717) is 13.0 Å². The van der Waals surface area contributed by atoms with Gasteiger partial charge in [0.25, 0.3) is 0 Å². The second-order valence-electron chi connectivity index (χ2n) is 7.44. The van der Waals surface area contributed by atoms with Gasteiger partial charge in [0, 0.05) is 13.0 Å². The number of aryl methyl sites for hydroxylation is 1. The summed E-state index contributed by atoms with van der Waals surface area (Å²) in [6.07, 6.45) is 3.07. The third-order valence-electron chi connectivity index (χ3n) is 5.08. The van der Waals surface area contributed by atoms with E-state index in [1.807, 2.05) is 48.5 Å². The third kappa shape index (κ3) is 6.42. The standard InChI is InChI=1S/C23H27N3O4/c27-21(24-14-8-7-11-16-9-3-1-4-10-16)18(15-17-12-5-2-6-13-17)25-22(28)19-20(26-19)23(29)30/h1-6,9-10,12-13,18-20,26H,7-8,11,14-15H2,(H,24,27)(H,25,28)(H,29,30)/t18-,19-,20-/m0/s1. The van der Waals surface area contributed by atoms with Gasteiger partial charge in [-0.25, -0.2) is 0 Å². The first-order valence-corrected chi connectivity index (χ1v) is 10.2. The van der Waals surface area contributed by atoms with Gasteiger partial charge in [-0.2, -0.15) is 0 Å². The van der Waals surface area contributed by atoms with Crippen molar-refractivity contribution in [3.63, 3.8) is 0 Å². The highest BCUT2D eigenvalue weighted by Gasteiger charge is 2.48. The SMILES string of the molecule is O=C(NCCCCc1ccccc1)[C@H](Cc1ccccc1)NC(=O)[C@H]1N[C@@H]1C(=O)O. The van der Waals surface area contributed by atoms with E-state index >= 15 is 0 Å². The fourth-order valence-corrected chi connectivity index (χ4v) is 3.33. The maximum atomic E-state index is 12.7. The molecule has 2 aromatic carbocycles. The largest absolute Gasteiger partial charge is 0.480 e. The maximum absolute atomic E-state index is 12.7. The van der Waals surface area contributed by atoms with E-state index in [2.05, 4.69) is 28.1 Å². The van der Waals surface area contributed by atoms with Crippen molar-refractivity contribution >= 4 is 17.8 Å². The van der Waals surface area contributed by atoms with Gasteiger partial charge in [-0.3, -0.25) is 19.7 Å². The first-order chi connectivity index (χ1) is 14.5. The summed E-state index contributed by atoms with van der Waals surface area (Å²) in [6.45, 7) is 0.520. The van der Waals surface area contributed by atoms with Crippen LogP contribution >= 0.6 is 0 Å². The number of carboxylic acid groups (broad SMARTS) is 1.